The van der Waals surface area contributed by atoms with Crippen molar-refractivity contribution in [3.63, 3.8) is 0 Å². The number of phenols is 1. The number of phenolic OH excluding ortho intramolecular Hbond substituents is 1. The Kier molecular flexibility index (Phi) is 3.03. The molecule has 17 heavy (non-hydrogen) atoms. The summed E-state index contributed by atoms with van der Waals surface area (Å²) in [5.41, 5.74) is -2.06. The first-order valence-corrected chi connectivity index (χ1v) is 4.81. The third kappa shape index (κ3) is 2.32. The molecular weight excluding hydrogens is 228 g/mol. The molecule has 0 heterocycles. The Labute approximate surface area is 97.0 Å². The van der Waals surface area contributed by atoms with Crippen molar-refractivity contribution < 1.29 is 15.0 Å². The maximum atomic E-state index is 10.9. The topological polar surface area (TPSA) is 107 Å². The van der Waals surface area contributed by atoms with E-state index in [0.29, 0.717) is 0 Å². The summed E-state index contributed by atoms with van der Waals surface area (Å²) >= 11 is 0. The van der Waals surface area contributed by atoms with Crippen LogP contribution in [0.15, 0.2) is 12.1 Å². The van der Waals surface area contributed by atoms with Crippen LogP contribution in [0.3, 0.4) is 0 Å². The molecule has 7 heteroatoms. The third-order valence-corrected chi connectivity index (χ3v) is 2.26. The Morgan fingerprint density at radius 3 is 2.00 bits per heavy atom. The van der Waals surface area contributed by atoms with Gasteiger partial charge in [-0.25, -0.2) is 0 Å². The molecule has 0 saturated heterocycles. The van der Waals surface area contributed by atoms with E-state index in [9.17, 15) is 25.3 Å². The highest BCUT2D eigenvalue weighted by molar-refractivity contribution is 5.64. The third-order valence-electron chi connectivity index (χ3n) is 2.26. The van der Waals surface area contributed by atoms with Crippen molar-refractivity contribution in [2.24, 2.45) is 0 Å². The molecule has 0 saturated carbocycles. The molecule has 0 bridgehead atoms. The van der Waals surface area contributed by atoms with E-state index in [4.69, 9.17) is 0 Å². The van der Waals surface area contributed by atoms with Gasteiger partial charge in [-0.15, -0.1) is 0 Å². The Hall–Kier alpha value is -2.18. The van der Waals surface area contributed by atoms with Gasteiger partial charge in [0.25, 0.3) is 0 Å². The van der Waals surface area contributed by atoms with Crippen LogP contribution in [0, 0.1) is 20.2 Å². The molecule has 7 nitrogen and oxygen atoms in total. The van der Waals surface area contributed by atoms with Crippen LogP contribution in [0.2, 0.25) is 0 Å². The van der Waals surface area contributed by atoms with Crippen LogP contribution < -0.4 is 0 Å². The SMILES string of the molecule is CC(C)(C)c1c(O)ccc([N+](=O)[O-])c1[N+](=O)[O-]. The van der Waals surface area contributed by atoms with Gasteiger partial charge in [-0.2, -0.15) is 0 Å². The molecule has 1 N–H and O–H groups in total. The van der Waals surface area contributed by atoms with Gasteiger partial charge in [0.2, 0.25) is 0 Å². The van der Waals surface area contributed by atoms with Gasteiger partial charge in [0.05, 0.1) is 15.4 Å². The Balaban J connectivity index is 3.73. The maximum absolute atomic E-state index is 10.9. The lowest BCUT2D eigenvalue weighted by molar-refractivity contribution is -0.423. The zero-order valence-electron chi connectivity index (χ0n) is 9.63. The number of aromatic hydroxyl groups is 1. The Bertz CT molecular complexity index is 490. The van der Waals surface area contributed by atoms with Crippen LogP contribution in [-0.2, 0) is 5.41 Å². The van der Waals surface area contributed by atoms with Crippen LogP contribution in [-0.4, -0.2) is 15.0 Å². The molecule has 0 fully saturated rings. The Morgan fingerprint density at radius 1 is 1.12 bits per heavy atom. The van der Waals surface area contributed by atoms with Gasteiger partial charge in [-0.3, -0.25) is 20.2 Å². The second kappa shape index (κ2) is 4.00. The number of benzene rings is 1. The van der Waals surface area contributed by atoms with Crippen molar-refractivity contribution in [3.05, 3.63) is 37.9 Å². The predicted octanol–water partition coefficient (Wildman–Crippen LogP) is 2.51. The number of nitro groups is 2. The maximum Gasteiger partial charge on any atom is 0.353 e. The van der Waals surface area contributed by atoms with Gasteiger partial charge in [0.1, 0.15) is 5.75 Å². The molecule has 0 atom stereocenters. The number of nitro benzene ring substituents is 2. The van der Waals surface area contributed by atoms with E-state index in [0.717, 1.165) is 12.1 Å². The van der Waals surface area contributed by atoms with Gasteiger partial charge in [0, 0.05) is 6.07 Å². The van der Waals surface area contributed by atoms with Crippen LogP contribution >= 0.6 is 0 Å². The smallest absolute Gasteiger partial charge is 0.353 e. The molecule has 1 aromatic rings. The molecule has 0 aromatic heterocycles. The first-order chi connectivity index (χ1) is 7.66. The molecule has 0 aliphatic carbocycles. The summed E-state index contributed by atoms with van der Waals surface area (Å²) in [6.45, 7) is 4.91. The van der Waals surface area contributed by atoms with E-state index in [2.05, 4.69) is 0 Å². The zero-order valence-corrected chi connectivity index (χ0v) is 9.63. The monoisotopic (exact) mass is 240 g/mol. The standard InChI is InChI=1S/C10H12N2O5/c1-10(2,3)8-7(13)5-4-6(11(14)15)9(8)12(16)17/h4-5,13H,1-3H3. The van der Waals surface area contributed by atoms with Crippen LogP contribution in [0.4, 0.5) is 11.4 Å². The van der Waals surface area contributed by atoms with Gasteiger partial charge < -0.3 is 5.11 Å². The van der Waals surface area contributed by atoms with E-state index in [1.807, 2.05) is 0 Å². The Morgan fingerprint density at radius 2 is 1.65 bits per heavy atom. The van der Waals surface area contributed by atoms with Crippen molar-refractivity contribution in [1.82, 2.24) is 0 Å². The molecule has 1 aromatic carbocycles. The van der Waals surface area contributed by atoms with E-state index in [1.54, 1.807) is 20.8 Å². The second-order valence-electron chi connectivity index (χ2n) is 4.59. The fourth-order valence-electron chi connectivity index (χ4n) is 1.64. The minimum absolute atomic E-state index is 0.0308. The highest BCUT2D eigenvalue weighted by Crippen LogP contribution is 2.43. The summed E-state index contributed by atoms with van der Waals surface area (Å²) in [4.78, 5) is 20.0. The minimum atomic E-state index is -0.835. The molecule has 0 unspecified atom stereocenters. The lowest BCUT2D eigenvalue weighted by atomic mass is 9.84. The summed E-state index contributed by atoms with van der Waals surface area (Å²) in [5, 5.41) is 31.3. The summed E-state index contributed by atoms with van der Waals surface area (Å²) < 4.78 is 0. The largest absolute Gasteiger partial charge is 0.507 e. The fraction of sp³-hybridized carbons (Fsp3) is 0.400. The van der Waals surface area contributed by atoms with Gasteiger partial charge >= 0.3 is 11.4 Å². The highest BCUT2D eigenvalue weighted by Gasteiger charge is 2.36. The molecular formula is C10H12N2O5. The van der Waals surface area contributed by atoms with E-state index in [-0.39, 0.29) is 11.3 Å². The number of hydrogen-bond acceptors (Lipinski definition) is 5. The van der Waals surface area contributed by atoms with Crippen molar-refractivity contribution >= 4 is 11.4 Å². The highest BCUT2D eigenvalue weighted by atomic mass is 16.6. The van der Waals surface area contributed by atoms with Gasteiger partial charge in [-0.1, -0.05) is 20.8 Å². The average Bonchev–Trinajstić information content (AvgIpc) is 2.14. The quantitative estimate of drug-likeness (QED) is 0.631. The summed E-state index contributed by atoms with van der Waals surface area (Å²) in [6.07, 6.45) is 0. The normalized spacial score (nSPS) is 11.2. The van der Waals surface area contributed by atoms with E-state index < -0.39 is 26.6 Å². The lowest BCUT2D eigenvalue weighted by Gasteiger charge is -2.19. The van der Waals surface area contributed by atoms with Crippen molar-refractivity contribution in [3.8, 4) is 5.75 Å². The van der Waals surface area contributed by atoms with Gasteiger partial charge in [0.15, 0.2) is 0 Å². The van der Waals surface area contributed by atoms with Gasteiger partial charge in [-0.05, 0) is 11.5 Å². The van der Waals surface area contributed by atoms with Crippen LogP contribution in [0.25, 0.3) is 0 Å². The molecule has 1 rings (SSSR count). The molecule has 92 valence electrons. The molecule has 0 aliphatic rings. The van der Waals surface area contributed by atoms with Crippen molar-refractivity contribution in [2.75, 3.05) is 0 Å². The first-order valence-electron chi connectivity index (χ1n) is 4.81. The molecule has 0 amide bonds. The number of rotatable bonds is 2. The first kappa shape index (κ1) is 12.9. The summed E-state index contributed by atoms with van der Waals surface area (Å²) in [7, 11) is 0. The minimum Gasteiger partial charge on any atom is -0.507 e. The predicted molar refractivity (Wildman–Crippen MR) is 60.1 cm³/mol. The van der Waals surface area contributed by atoms with E-state index in [1.165, 1.54) is 0 Å². The van der Waals surface area contributed by atoms with Crippen LogP contribution in [0.5, 0.6) is 5.75 Å². The summed E-state index contributed by atoms with van der Waals surface area (Å²) in [5.74, 6) is -0.310. The van der Waals surface area contributed by atoms with Crippen molar-refractivity contribution in [2.45, 2.75) is 26.2 Å². The zero-order chi connectivity index (χ0) is 13.4. The molecule has 0 spiro atoms. The summed E-state index contributed by atoms with van der Waals surface area (Å²) in [6, 6.07) is 2.04. The molecule has 0 aliphatic heterocycles. The molecule has 0 radical (unpaired) electrons. The van der Waals surface area contributed by atoms with E-state index >= 15 is 0 Å². The van der Waals surface area contributed by atoms with Crippen molar-refractivity contribution in [1.29, 1.82) is 0 Å². The number of nitrogens with zero attached hydrogens (tertiary/aromatic N) is 2. The lowest BCUT2D eigenvalue weighted by Crippen LogP contribution is -2.15. The second-order valence-corrected chi connectivity index (χ2v) is 4.59. The number of hydrogen-bond donors (Lipinski definition) is 1. The fourth-order valence-corrected chi connectivity index (χ4v) is 1.64. The average molecular weight is 240 g/mol. The van der Waals surface area contributed by atoms with Crippen LogP contribution in [0.1, 0.15) is 26.3 Å².